The summed E-state index contributed by atoms with van der Waals surface area (Å²) >= 11 is 1.81. The van der Waals surface area contributed by atoms with Crippen molar-refractivity contribution in [3.8, 4) is 6.07 Å². The number of nitriles is 1. The van der Waals surface area contributed by atoms with E-state index in [0.717, 1.165) is 27.1 Å². The molecule has 0 spiro atoms. The van der Waals surface area contributed by atoms with Crippen molar-refractivity contribution in [3.05, 3.63) is 45.4 Å². The van der Waals surface area contributed by atoms with E-state index in [-0.39, 0.29) is 30.9 Å². The van der Waals surface area contributed by atoms with E-state index in [1.54, 1.807) is 0 Å². The van der Waals surface area contributed by atoms with Crippen molar-refractivity contribution in [2.45, 2.75) is 63.2 Å². The molecule has 0 bridgehead atoms. The molecule has 2 fully saturated rings. The number of aliphatic hydroxyl groups excluding tert-OH is 2. The van der Waals surface area contributed by atoms with Crippen LogP contribution in [0.25, 0.3) is 0 Å². The molecule has 0 aliphatic carbocycles. The average molecular weight is 746 g/mol. The molecule has 5 N–H and O–H groups in total. The van der Waals surface area contributed by atoms with Crippen molar-refractivity contribution in [2.75, 3.05) is 40.6 Å². The second-order valence-electron chi connectivity index (χ2n) is 8.49. The number of carbonyl (C=O) groups is 2. The summed E-state index contributed by atoms with van der Waals surface area (Å²) in [5, 5.41) is 24.9. The monoisotopic (exact) mass is 745 g/mol. The minimum absolute atomic E-state index is 0.0146. The Kier molecular flexibility index (Phi) is 23.8. The summed E-state index contributed by atoms with van der Waals surface area (Å²) in [6.45, 7) is 0.756. The van der Waals surface area contributed by atoms with E-state index in [0.29, 0.717) is 44.9 Å². The number of likely N-dealkylation sites (N-methyl/N-ethyl adjacent to an activating group) is 1. The number of ether oxygens (including phenoxy) is 2. The Labute approximate surface area is 265 Å². The van der Waals surface area contributed by atoms with Crippen LogP contribution in [0.4, 0.5) is 0 Å². The molecule has 5 unspecified atom stereocenters. The van der Waals surface area contributed by atoms with Gasteiger partial charge in [-0.05, 0) is 32.1 Å². The molecule has 0 saturated carbocycles. The molecule has 16 nitrogen and oxygen atoms in total. The van der Waals surface area contributed by atoms with E-state index in [2.05, 4.69) is 10.3 Å². The molecule has 43 heavy (non-hydrogen) atoms. The highest BCUT2D eigenvalue weighted by atomic mass is 127. The fraction of sp³-hybridized carbons (Fsp3) is 0.640. The van der Waals surface area contributed by atoms with Crippen molar-refractivity contribution in [2.24, 2.45) is 0 Å². The van der Waals surface area contributed by atoms with Gasteiger partial charge in [0.05, 0.1) is 31.5 Å². The minimum atomic E-state index is -1.54. The van der Waals surface area contributed by atoms with Gasteiger partial charge in [-0.25, -0.2) is 4.79 Å². The molecule has 0 aromatic carbocycles. The number of H-pyrrole nitrogens is 1. The first-order valence-corrected chi connectivity index (χ1v) is 15.4. The van der Waals surface area contributed by atoms with Gasteiger partial charge in [-0.15, -0.1) is 0 Å². The van der Waals surface area contributed by atoms with Crippen molar-refractivity contribution >= 4 is 43.7 Å². The molecule has 2 aliphatic heterocycles. The van der Waals surface area contributed by atoms with Crippen molar-refractivity contribution in [1.82, 2.24) is 19.8 Å². The van der Waals surface area contributed by atoms with Gasteiger partial charge < -0.3 is 37.5 Å². The van der Waals surface area contributed by atoms with Gasteiger partial charge in [0.1, 0.15) is 35.5 Å². The molecular weight excluding hydrogens is 704 g/mol. The summed E-state index contributed by atoms with van der Waals surface area (Å²) in [5.74, 6) is -0.307. The zero-order chi connectivity index (χ0) is 32.6. The molecule has 3 rings (SSSR count). The fourth-order valence-electron chi connectivity index (χ4n) is 3.73. The quantitative estimate of drug-likeness (QED) is 0.0617. The third kappa shape index (κ3) is 16.4. The van der Waals surface area contributed by atoms with Gasteiger partial charge in [-0.1, -0.05) is 0 Å². The maximum absolute atomic E-state index is 11.5. The molecule has 0 radical (unpaired) electrons. The summed E-state index contributed by atoms with van der Waals surface area (Å²) in [6.07, 6.45) is 8.15. The Balaban J connectivity index is 0.000000768. The predicted octanol–water partition coefficient (Wildman–Crippen LogP) is 0.632. The Hall–Kier alpha value is -2.27. The van der Waals surface area contributed by atoms with Gasteiger partial charge in [-0.3, -0.25) is 28.8 Å². The van der Waals surface area contributed by atoms with Crippen LogP contribution in [0, 0.1) is 11.3 Å². The third-order valence-electron chi connectivity index (χ3n) is 5.73. The Bertz CT molecular complexity index is 1100. The maximum Gasteiger partial charge on any atom is 0.330 e. The van der Waals surface area contributed by atoms with Crippen LogP contribution >= 0.6 is 31.4 Å². The van der Waals surface area contributed by atoms with Crippen LogP contribution < -0.4 is 16.6 Å². The highest BCUT2D eigenvalue weighted by Gasteiger charge is 2.29. The molecule has 3 heterocycles. The lowest BCUT2D eigenvalue weighted by Gasteiger charge is -2.21. The van der Waals surface area contributed by atoms with Crippen LogP contribution in [0.15, 0.2) is 34.1 Å². The Morgan fingerprint density at radius 1 is 1.23 bits per heavy atom. The van der Waals surface area contributed by atoms with Gasteiger partial charge in [0.25, 0.3) is 5.56 Å². The van der Waals surface area contributed by atoms with E-state index in [9.17, 15) is 24.1 Å². The van der Waals surface area contributed by atoms with Crippen molar-refractivity contribution in [3.63, 3.8) is 0 Å². The Morgan fingerprint density at radius 3 is 2.51 bits per heavy atom. The second kappa shape index (κ2) is 25.1. The first-order chi connectivity index (χ1) is 20.8. The number of halogens is 1. The normalized spacial score (nSPS) is 21.2. The van der Waals surface area contributed by atoms with Crippen LogP contribution in [0.2, 0.25) is 0 Å². The minimum Gasteiger partial charge on any atom is -0.400 e. The van der Waals surface area contributed by atoms with Gasteiger partial charge in [-0.2, -0.15) is 5.26 Å². The fourth-order valence-corrected chi connectivity index (χ4v) is 5.03. The van der Waals surface area contributed by atoms with Crippen LogP contribution in [0.1, 0.15) is 44.8 Å². The van der Waals surface area contributed by atoms with E-state index in [1.165, 1.54) is 41.1 Å². The largest absolute Gasteiger partial charge is 0.400 e. The number of amides is 2. The number of aromatic amines is 1. The van der Waals surface area contributed by atoms with Gasteiger partial charge in [0, 0.05) is 58.4 Å². The molecule has 18 heteroatoms. The maximum atomic E-state index is 11.5. The number of aliphatic hydroxyl groups is 2. The summed E-state index contributed by atoms with van der Waals surface area (Å²) in [7, 11) is 1.96. The summed E-state index contributed by atoms with van der Waals surface area (Å²) in [5.41, 5.74) is -0.833. The lowest BCUT2D eigenvalue weighted by Crippen LogP contribution is -2.31. The third-order valence-corrected chi connectivity index (χ3v) is 7.23. The van der Waals surface area contributed by atoms with Crippen molar-refractivity contribution < 1.29 is 41.8 Å². The summed E-state index contributed by atoms with van der Waals surface area (Å²) in [4.78, 5) is 57.8. The molecule has 5 atom stereocenters. The Morgan fingerprint density at radius 2 is 1.91 bits per heavy atom. The smallest absolute Gasteiger partial charge is 0.330 e. The number of hydrogen-bond acceptors (Lipinski definition) is 12. The number of nitrogens with one attached hydrogen (secondary N) is 2. The zero-order valence-electron chi connectivity index (χ0n) is 24.3. The zero-order valence-corrected chi connectivity index (χ0v) is 27.4. The van der Waals surface area contributed by atoms with Crippen LogP contribution in [-0.2, 0) is 26.7 Å². The highest BCUT2D eigenvalue weighted by Crippen LogP contribution is 2.34. The number of carbonyl (C=O) groups excluding carboxylic acids is 2. The number of rotatable bonds is 13. The summed E-state index contributed by atoms with van der Waals surface area (Å²) in [6, 6.07) is 3.33. The van der Waals surface area contributed by atoms with Crippen LogP contribution in [-0.4, -0.2) is 101 Å². The molecule has 1 aromatic heterocycles. The highest BCUT2D eigenvalue weighted by molar-refractivity contribution is 14.1. The van der Waals surface area contributed by atoms with E-state index >= 15 is 0 Å². The first-order valence-electron chi connectivity index (χ1n) is 13.2. The molecule has 2 aliphatic rings. The number of nitrogens with zero attached hydrogens (tertiary/aromatic N) is 3. The summed E-state index contributed by atoms with van der Waals surface area (Å²) < 4.78 is 23.0. The molecule has 2 saturated heterocycles. The van der Waals surface area contributed by atoms with Gasteiger partial charge in [0.15, 0.2) is 8.38 Å². The lowest BCUT2D eigenvalue weighted by molar-refractivity contribution is -0.127. The molecule has 244 valence electrons. The SMILES string of the molecule is CNC(=O)/C=C\N(C=O)C1CCC(COP(O)CCCC#N)O1.CO.CO.O=c1ccn(C2CCC(COI)O2)c(=O)[nH]1. The van der Waals surface area contributed by atoms with Crippen LogP contribution in [0.5, 0.6) is 0 Å². The van der Waals surface area contributed by atoms with Gasteiger partial charge in [0.2, 0.25) is 12.3 Å². The van der Waals surface area contributed by atoms with E-state index < -0.39 is 25.9 Å². The van der Waals surface area contributed by atoms with E-state index in [1.807, 2.05) is 29.1 Å². The topological polar surface area (TPSA) is 226 Å². The standard InChI is InChI=1S/C14H22N3O5P.C9H11IN2O4.2CH4O/c1-16-13(19)6-8-17(11-18)14-5-4-12(22-14)10-21-23(20)9-3-2-7-15;10-15-5-6-1-2-8(16-6)12-4-3-7(13)11-9(12)14;2*1-2/h6,8,11-12,14,20H,2-5,9-10H2,1H3,(H,16,19);3-4,6,8H,1-2,5H2,(H,11,13,14);2*2H,1H3/b8-6-;;;. The average Bonchev–Trinajstić information content (AvgIpc) is 3.69. The predicted molar refractivity (Wildman–Crippen MR) is 165 cm³/mol. The number of hydrogen-bond donors (Lipinski definition) is 5. The second-order valence-corrected chi connectivity index (χ2v) is 10.5. The number of unbranched alkanes of at least 4 members (excludes halogenated alkanes) is 1. The molecular formula is C25H41IN5O11P. The molecule has 2 amide bonds. The van der Waals surface area contributed by atoms with Gasteiger partial charge >= 0.3 is 5.69 Å². The molecule has 1 aromatic rings. The lowest BCUT2D eigenvalue weighted by atomic mass is 10.2. The first kappa shape index (κ1) is 40.7. The van der Waals surface area contributed by atoms with Crippen molar-refractivity contribution in [1.29, 1.82) is 5.26 Å². The van der Waals surface area contributed by atoms with E-state index in [4.69, 9.17) is 32.5 Å². The van der Waals surface area contributed by atoms with Crippen LogP contribution in [0.3, 0.4) is 0 Å². The number of aromatic nitrogens is 2.